The number of halogens is 2. The molecule has 106 valence electrons. The molecule has 1 aromatic rings. The van der Waals surface area contributed by atoms with Gasteiger partial charge >= 0.3 is 0 Å². The fourth-order valence-corrected chi connectivity index (χ4v) is 2.48. The lowest BCUT2D eigenvalue weighted by Crippen LogP contribution is -2.36. The SMILES string of the molecule is CC(N)CC(=O)N(Cc1cccc(Br)c1)C1CC1.Cl. The minimum Gasteiger partial charge on any atom is -0.335 e. The van der Waals surface area contributed by atoms with Crippen molar-refractivity contribution >= 4 is 34.2 Å². The van der Waals surface area contributed by atoms with Crippen molar-refractivity contribution in [2.75, 3.05) is 0 Å². The average molecular weight is 348 g/mol. The zero-order valence-electron chi connectivity index (χ0n) is 11.0. The maximum absolute atomic E-state index is 12.2. The predicted molar refractivity (Wildman–Crippen MR) is 83.2 cm³/mol. The standard InChI is InChI=1S/C14H19BrN2O.ClH/c1-10(16)7-14(18)17(13-5-6-13)9-11-3-2-4-12(15)8-11;/h2-4,8,10,13H,5-7,9,16H2,1H3;1H. The normalized spacial score (nSPS) is 15.5. The van der Waals surface area contributed by atoms with E-state index in [4.69, 9.17) is 5.73 Å². The summed E-state index contributed by atoms with van der Waals surface area (Å²) in [7, 11) is 0. The molecule has 3 nitrogen and oxygen atoms in total. The Balaban J connectivity index is 0.00000180. The summed E-state index contributed by atoms with van der Waals surface area (Å²) in [4.78, 5) is 14.1. The molecule has 1 aromatic carbocycles. The summed E-state index contributed by atoms with van der Waals surface area (Å²) in [6.07, 6.45) is 2.68. The lowest BCUT2D eigenvalue weighted by atomic mass is 10.1. The summed E-state index contributed by atoms with van der Waals surface area (Å²) in [5.74, 6) is 0.174. The minimum absolute atomic E-state index is 0. The molecular formula is C14H20BrClN2O. The summed E-state index contributed by atoms with van der Waals surface area (Å²) < 4.78 is 1.05. The third-order valence-corrected chi connectivity index (χ3v) is 3.54. The van der Waals surface area contributed by atoms with Gasteiger partial charge in [0.2, 0.25) is 5.91 Å². The molecule has 1 unspecified atom stereocenters. The van der Waals surface area contributed by atoms with Gasteiger partial charge in [0, 0.05) is 29.5 Å². The van der Waals surface area contributed by atoms with Crippen molar-refractivity contribution < 1.29 is 4.79 Å². The second-order valence-electron chi connectivity index (χ2n) is 5.06. The highest BCUT2D eigenvalue weighted by Gasteiger charge is 2.32. The second kappa shape index (κ2) is 7.27. The molecule has 1 atom stereocenters. The number of hydrogen-bond donors (Lipinski definition) is 1. The van der Waals surface area contributed by atoms with E-state index in [1.54, 1.807) is 0 Å². The molecule has 1 amide bonds. The van der Waals surface area contributed by atoms with E-state index in [-0.39, 0.29) is 24.4 Å². The fourth-order valence-electron chi connectivity index (χ4n) is 2.03. The van der Waals surface area contributed by atoms with Crippen molar-refractivity contribution in [1.29, 1.82) is 0 Å². The van der Waals surface area contributed by atoms with Gasteiger partial charge in [-0.05, 0) is 37.5 Å². The molecule has 0 saturated heterocycles. The molecule has 0 spiro atoms. The molecule has 0 bridgehead atoms. The van der Waals surface area contributed by atoms with E-state index in [1.807, 2.05) is 24.0 Å². The van der Waals surface area contributed by atoms with Crippen LogP contribution in [0.25, 0.3) is 0 Å². The summed E-state index contributed by atoms with van der Waals surface area (Å²) >= 11 is 3.46. The van der Waals surface area contributed by atoms with Crippen LogP contribution in [-0.4, -0.2) is 22.9 Å². The van der Waals surface area contributed by atoms with Gasteiger partial charge in [0.25, 0.3) is 0 Å². The van der Waals surface area contributed by atoms with E-state index in [2.05, 4.69) is 28.1 Å². The zero-order chi connectivity index (χ0) is 13.1. The number of carbonyl (C=O) groups is 1. The first-order valence-electron chi connectivity index (χ1n) is 6.36. The van der Waals surface area contributed by atoms with Crippen LogP contribution < -0.4 is 5.73 Å². The Bertz CT molecular complexity index is 435. The Kier molecular flexibility index (Phi) is 6.30. The Labute approximate surface area is 129 Å². The first-order valence-corrected chi connectivity index (χ1v) is 7.15. The number of hydrogen-bond acceptors (Lipinski definition) is 2. The van der Waals surface area contributed by atoms with Crippen molar-refractivity contribution in [3.05, 3.63) is 34.3 Å². The van der Waals surface area contributed by atoms with Gasteiger partial charge in [0.15, 0.2) is 0 Å². The third kappa shape index (κ3) is 5.13. The molecule has 2 rings (SSSR count). The minimum atomic E-state index is -0.0683. The van der Waals surface area contributed by atoms with Crippen molar-refractivity contribution in [3.63, 3.8) is 0 Å². The van der Waals surface area contributed by atoms with Crippen LogP contribution >= 0.6 is 28.3 Å². The third-order valence-electron chi connectivity index (χ3n) is 3.05. The lowest BCUT2D eigenvalue weighted by molar-refractivity contribution is -0.132. The summed E-state index contributed by atoms with van der Waals surface area (Å²) in [6.45, 7) is 2.57. The first-order chi connectivity index (χ1) is 8.56. The number of benzene rings is 1. The highest BCUT2D eigenvalue weighted by atomic mass is 79.9. The molecule has 1 aliphatic carbocycles. The van der Waals surface area contributed by atoms with Gasteiger partial charge in [0.05, 0.1) is 0 Å². The number of nitrogens with two attached hydrogens (primary N) is 1. The van der Waals surface area contributed by atoms with E-state index >= 15 is 0 Å². The van der Waals surface area contributed by atoms with E-state index in [9.17, 15) is 4.79 Å². The van der Waals surface area contributed by atoms with Crippen LogP contribution in [0.4, 0.5) is 0 Å². The van der Waals surface area contributed by atoms with Crippen LogP contribution in [-0.2, 0) is 11.3 Å². The molecule has 19 heavy (non-hydrogen) atoms. The Morgan fingerprint density at radius 2 is 2.21 bits per heavy atom. The monoisotopic (exact) mass is 346 g/mol. The largest absolute Gasteiger partial charge is 0.335 e. The van der Waals surface area contributed by atoms with E-state index in [0.717, 1.165) is 22.9 Å². The molecular weight excluding hydrogens is 328 g/mol. The number of carbonyl (C=O) groups excluding carboxylic acids is 1. The number of amides is 1. The maximum atomic E-state index is 12.2. The Morgan fingerprint density at radius 3 is 2.74 bits per heavy atom. The quantitative estimate of drug-likeness (QED) is 0.889. The smallest absolute Gasteiger partial charge is 0.224 e. The molecule has 0 radical (unpaired) electrons. The van der Waals surface area contributed by atoms with E-state index in [0.29, 0.717) is 19.0 Å². The Morgan fingerprint density at radius 1 is 1.53 bits per heavy atom. The fraction of sp³-hybridized carbons (Fsp3) is 0.500. The van der Waals surface area contributed by atoms with Gasteiger partial charge in [0.1, 0.15) is 0 Å². The van der Waals surface area contributed by atoms with Crippen LogP contribution in [0.1, 0.15) is 31.7 Å². The molecule has 0 heterocycles. The van der Waals surface area contributed by atoms with Gasteiger partial charge in [-0.15, -0.1) is 12.4 Å². The molecule has 2 N–H and O–H groups in total. The van der Waals surface area contributed by atoms with Crippen LogP contribution in [0.3, 0.4) is 0 Å². The van der Waals surface area contributed by atoms with Crippen molar-refractivity contribution in [2.24, 2.45) is 5.73 Å². The molecule has 5 heteroatoms. The summed E-state index contributed by atoms with van der Waals surface area (Å²) in [5.41, 5.74) is 6.88. The lowest BCUT2D eigenvalue weighted by Gasteiger charge is -2.23. The van der Waals surface area contributed by atoms with Crippen LogP contribution in [0, 0.1) is 0 Å². The van der Waals surface area contributed by atoms with Crippen molar-refractivity contribution in [3.8, 4) is 0 Å². The number of rotatable bonds is 5. The van der Waals surface area contributed by atoms with Crippen molar-refractivity contribution in [2.45, 2.75) is 44.8 Å². The van der Waals surface area contributed by atoms with E-state index < -0.39 is 0 Å². The van der Waals surface area contributed by atoms with Gasteiger partial charge < -0.3 is 10.6 Å². The van der Waals surface area contributed by atoms with E-state index in [1.165, 1.54) is 0 Å². The molecule has 1 fully saturated rings. The predicted octanol–water partition coefficient (Wildman–Crippen LogP) is 3.10. The second-order valence-corrected chi connectivity index (χ2v) is 5.98. The van der Waals surface area contributed by atoms with Gasteiger partial charge in [-0.3, -0.25) is 4.79 Å². The molecule has 0 aliphatic heterocycles. The average Bonchev–Trinajstić information content (AvgIpc) is 3.08. The van der Waals surface area contributed by atoms with Gasteiger partial charge in [-0.2, -0.15) is 0 Å². The summed E-state index contributed by atoms with van der Waals surface area (Å²) in [6, 6.07) is 8.47. The Hall–Kier alpha value is -0.580. The van der Waals surface area contributed by atoms with Gasteiger partial charge in [-0.25, -0.2) is 0 Å². The highest BCUT2D eigenvalue weighted by molar-refractivity contribution is 9.10. The highest BCUT2D eigenvalue weighted by Crippen LogP contribution is 2.29. The number of nitrogens with zero attached hydrogens (tertiary/aromatic N) is 1. The topological polar surface area (TPSA) is 46.3 Å². The molecule has 0 aromatic heterocycles. The first kappa shape index (κ1) is 16.5. The van der Waals surface area contributed by atoms with Crippen LogP contribution in [0.5, 0.6) is 0 Å². The van der Waals surface area contributed by atoms with Crippen LogP contribution in [0.2, 0.25) is 0 Å². The van der Waals surface area contributed by atoms with Gasteiger partial charge in [-0.1, -0.05) is 28.1 Å². The zero-order valence-corrected chi connectivity index (χ0v) is 13.4. The molecule has 1 aliphatic rings. The van der Waals surface area contributed by atoms with Crippen molar-refractivity contribution in [1.82, 2.24) is 4.90 Å². The molecule has 1 saturated carbocycles. The summed E-state index contributed by atoms with van der Waals surface area (Å²) in [5, 5.41) is 0. The van der Waals surface area contributed by atoms with Crippen LogP contribution in [0.15, 0.2) is 28.7 Å². The maximum Gasteiger partial charge on any atom is 0.224 e.